The average Bonchev–Trinajstić information content (AvgIpc) is 2.71. The summed E-state index contributed by atoms with van der Waals surface area (Å²) in [5.41, 5.74) is 3.75. The molecule has 0 radical (unpaired) electrons. The van der Waals surface area contributed by atoms with Gasteiger partial charge in [-0.2, -0.15) is 0 Å². The molecule has 1 aromatic heterocycles. The van der Waals surface area contributed by atoms with E-state index >= 15 is 0 Å². The molecule has 136 valence electrons. The number of aliphatic imine (C=N–C) groups is 1. The van der Waals surface area contributed by atoms with Gasteiger partial charge in [0, 0.05) is 38.4 Å². The number of benzene rings is 1. The molecule has 0 atom stereocenters. The molecular formula is C21H26N4O. The molecule has 0 saturated carbocycles. The summed E-state index contributed by atoms with van der Waals surface area (Å²) in [6, 6.07) is 14.5. The lowest BCUT2D eigenvalue weighted by Crippen LogP contribution is -2.43. The van der Waals surface area contributed by atoms with E-state index in [4.69, 9.17) is 4.74 Å². The van der Waals surface area contributed by atoms with E-state index in [9.17, 15) is 0 Å². The summed E-state index contributed by atoms with van der Waals surface area (Å²) in [7, 11) is 1.82. The Morgan fingerprint density at radius 1 is 1.23 bits per heavy atom. The van der Waals surface area contributed by atoms with Gasteiger partial charge in [-0.15, -0.1) is 0 Å². The van der Waals surface area contributed by atoms with Gasteiger partial charge in [0.05, 0.1) is 6.61 Å². The number of hydrogen-bond donors (Lipinski definition) is 1. The van der Waals surface area contributed by atoms with Crippen molar-refractivity contribution in [3.8, 4) is 5.88 Å². The van der Waals surface area contributed by atoms with Crippen LogP contribution in [0.3, 0.4) is 0 Å². The zero-order valence-electron chi connectivity index (χ0n) is 15.5. The second-order valence-corrected chi connectivity index (χ2v) is 6.09. The first-order valence-electron chi connectivity index (χ1n) is 9.08. The molecule has 5 nitrogen and oxygen atoms in total. The highest BCUT2D eigenvalue weighted by atomic mass is 16.5. The summed E-state index contributed by atoms with van der Waals surface area (Å²) in [6.45, 7) is 5.02. The summed E-state index contributed by atoms with van der Waals surface area (Å²) in [5, 5.41) is 3.44. The molecule has 0 bridgehead atoms. The maximum absolute atomic E-state index is 5.60. The van der Waals surface area contributed by atoms with Crippen molar-refractivity contribution in [2.75, 3.05) is 26.7 Å². The van der Waals surface area contributed by atoms with E-state index in [-0.39, 0.29) is 0 Å². The van der Waals surface area contributed by atoms with E-state index < -0.39 is 0 Å². The van der Waals surface area contributed by atoms with Crippen LogP contribution in [0, 0.1) is 0 Å². The van der Waals surface area contributed by atoms with Gasteiger partial charge in [0.25, 0.3) is 0 Å². The number of nitrogens with zero attached hydrogens (tertiary/aromatic N) is 3. The van der Waals surface area contributed by atoms with Gasteiger partial charge in [-0.05, 0) is 30.5 Å². The Bertz CT molecular complexity index is 771. The monoisotopic (exact) mass is 350 g/mol. The molecular weight excluding hydrogens is 324 g/mol. The third-order valence-corrected chi connectivity index (χ3v) is 4.43. The molecule has 0 spiro atoms. The van der Waals surface area contributed by atoms with Crippen LogP contribution in [0.25, 0.3) is 5.57 Å². The van der Waals surface area contributed by atoms with Crippen LogP contribution in [0.15, 0.2) is 59.7 Å². The van der Waals surface area contributed by atoms with Crippen molar-refractivity contribution in [3.63, 3.8) is 0 Å². The number of pyridine rings is 1. The van der Waals surface area contributed by atoms with Crippen molar-refractivity contribution < 1.29 is 4.74 Å². The average molecular weight is 350 g/mol. The Kier molecular flexibility index (Phi) is 6.25. The fourth-order valence-electron chi connectivity index (χ4n) is 3.11. The lowest BCUT2D eigenvalue weighted by atomic mass is 10.00. The third-order valence-electron chi connectivity index (χ3n) is 4.43. The molecule has 1 aromatic carbocycles. The summed E-state index contributed by atoms with van der Waals surface area (Å²) in [4.78, 5) is 11.0. The zero-order chi connectivity index (χ0) is 18.2. The third kappa shape index (κ3) is 4.42. The van der Waals surface area contributed by atoms with Crippen LogP contribution in [0.4, 0.5) is 0 Å². The molecule has 0 fully saturated rings. The molecule has 0 unspecified atom stereocenters. The molecule has 26 heavy (non-hydrogen) atoms. The summed E-state index contributed by atoms with van der Waals surface area (Å²) < 4.78 is 5.60. The van der Waals surface area contributed by atoms with Crippen LogP contribution in [0.1, 0.15) is 24.5 Å². The number of rotatable bonds is 5. The second-order valence-electron chi connectivity index (χ2n) is 6.09. The fraction of sp³-hybridized carbons (Fsp3) is 0.333. The lowest BCUT2D eigenvalue weighted by Gasteiger charge is -2.30. The van der Waals surface area contributed by atoms with Crippen molar-refractivity contribution in [1.29, 1.82) is 0 Å². The smallest absolute Gasteiger partial charge is 0.218 e. The molecule has 1 N–H and O–H groups in total. The maximum Gasteiger partial charge on any atom is 0.218 e. The second kappa shape index (κ2) is 9.04. The van der Waals surface area contributed by atoms with Gasteiger partial charge in [0.15, 0.2) is 5.96 Å². The van der Waals surface area contributed by atoms with Crippen LogP contribution >= 0.6 is 0 Å². The molecule has 0 saturated heterocycles. The topological polar surface area (TPSA) is 49.8 Å². The van der Waals surface area contributed by atoms with Crippen LogP contribution in [0.2, 0.25) is 0 Å². The standard InChI is InChI=1S/C21H26N4O/c1-3-26-20-19(10-7-13-23-20)16-24-21(22-2)25-14-11-18(12-15-25)17-8-5-4-6-9-17/h4-11,13H,3,12,14-16H2,1-2H3,(H,22,24). The molecule has 2 heterocycles. The molecule has 1 aliphatic rings. The number of ether oxygens (including phenoxy) is 1. The number of nitrogens with one attached hydrogen (secondary N) is 1. The fourth-order valence-corrected chi connectivity index (χ4v) is 3.11. The maximum atomic E-state index is 5.60. The molecule has 1 aliphatic heterocycles. The SMILES string of the molecule is CCOc1ncccc1CNC(=NC)N1CC=C(c2ccccc2)CC1. The quantitative estimate of drug-likeness (QED) is 0.664. The van der Waals surface area contributed by atoms with Crippen molar-refractivity contribution in [2.45, 2.75) is 19.9 Å². The highest BCUT2D eigenvalue weighted by molar-refractivity contribution is 5.81. The first kappa shape index (κ1) is 18.0. The van der Waals surface area contributed by atoms with Crippen molar-refractivity contribution in [2.24, 2.45) is 4.99 Å². The van der Waals surface area contributed by atoms with Gasteiger partial charge < -0.3 is 15.0 Å². The van der Waals surface area contributed by atoms with Crippen LogP contribution in [-0.4, -0.2) is 42.6 Å². The Balaban J connectivity index is 1.62. The van der Waals surface area contributed by atoms with E-state index in [1.807, 2.05) is 26.1 Å². The van der Waals surface area contributed by atoms with Gasteiger partial charge in [-0.3, -0.25) is 4.99 Å². The van der Waals surface area contributed by atoms with E-state index in [1.165, 1.54) is 11.1 Å². The predicted octanol–water partition coefficient (Wildman–Crippen LogP) is 3.35. The minimum atomic E-state index is 0.609. The van der Waals surface area contributed by atoms with Gasteiger partial charge in [0.1, 0.15) is 0 Å². The van der Waals surface area contributed by atoms with E-state index in [0.717, 1.165) is 31.0 Å². The van der Waals surface area contributed by atoms with Crippen LogP contribution in [0.5, 0.6) is 5.88 Å². The van der Waals surface area contributed by atoms with Crippen LogP contribution in [-0.2, 0) is 6.54 Å². The normalized spacial score (nSPS) is 14.8. The Hall–Kier alpha value is -2.82. The molecule has 0 aliphatic carbocycles. The minimum absolute atomic E-state index is 0.609. The van der Waals surface area contributed by atoms with Gasteiger partial charge in [0.2, 0.25) is 5.88 Å². The lowest BCUT2D eigenvalue weighted by molar-refractivity contribution is 0.322. The first-order valence-corrected chi connectivity index (χ1v) is 9.08. The van der Waals surface area contributed by atoms with E-state index in [2.05, 4.69) is 56.6 Å². The number of aromatic nitrogens is 1. The Morgan fingerprint density at radius 2 is 2.08 bits per heavy atom. The van der Waals surface area contributed by atoms with Crippen molar-refractivity contribution in [3.05, 3.63) is 65.9 Å². The Morgan fingerprint density at radius 3 is 2.77 bits per heavy atom. The number of guanidine groups is 1. The van der Waals surface area contributed by atoms with Crippen LogP contribution < -0.4 is 10.1 Å². The number of hydrogen-bond acceptors (Lipinski definition) is 3. The van der Waals surface area contributed by atoms with Crippen molar-refractivity contribution >= 4 is 11.5 Å². The summed E-state index contributed by atoms with van der Waals surface area (Å²) in [6.07, 6.45) is 5.06. The van der Waals surface area contributed by atoms with E-state index in [0.29, 0.717) is 19.0 Å². The largest absolute Gasteiger partial charge is 0.478 e. The summed E-state index contributed by atoms with van der Waals surface area (Å²) in [5.74, 6) is 1.59. The van der Waals surface area contributed by atoms with Crippen molar-refractivity contribution in [1.82, 2.24) is 15.2 Å². The summed E-state index contributed by atoms with van der Waals surface area (Å²) >= 11 is 0. The minimum Gasteiger partial charge on any atom is -0.478 e. The first-order chi connectivity index (χ1) is 12.8. The van der Waals surface area contributed by atoms with Gasteiger partial charge in [-0.1, -0.05) is 42.5 Å². The molecule has 5 heteroatoms. The molecule has 0 amide bonds. The predicted molar refractivity (Wildman–Crippen MR) is 106 cm³/mol. The Labute approximate surface area is 155 Å². The van der Waals surface area contributed by atoms with Gasteiger partial charge in [-0.25, -0.2) is 4.98 Å². The molecule has 3 rings (SSSR count). The van der Waals surface area contributed by atoms with Gasteiger partial charge >= 0.3 is 0 Å². The highest BCUT2D eigenvalue weighted by Crippen LogP contribution is 2.22. The molecule has 2 aromatic rings. The zero-order valence-corrected chi connectivity index (χ0v) is 15.5. The highest BCUT2D eigenvalue weighted by Gasteiger charge is 2.16. The van der Waals surface area contributed by atoms with E-state index in [1.54, 1.807) is 6.20 Å².